The molecule has 0 saturated heterocycles. The highest BCUT2D eigenvalue weighted by Gasteiger charge is 2.34. The van der Waals surface area contributed by atoms with Crippen LogP contribution in [0.1, 0.15) is 37.8 Å². The average molecular weight is 618 g/mol. The Morgan fingerprint density at radius 1 is 1.09 bits per heavy atom. The van der Waals surface area contributed by atoms with Crippen molar-refractivity contribution in [3.05, 3.63) is 84.7 Å². The number of imidazole rings is 1. The number of nitrogen functional groups attached to an aromatic ring is 1. The number of benzene rings is 2. The zero-order valence-electron chi connectivity index (χ0n) is 24.4. The van der Waals surface area contributed by atoms with Crippen LogP contribution in [0.25, 0.3) is 11.2 Å². The first-order valence-electron chi connectivity index (χ1n) is 14.8. The van der Waals surface area contributed by atoms with E-state index in [0.717, 1.165) is 18.4 Å². The first-order valence-corrected chi connectivity index (χ1v) is 16.3. The van der Waals surface area contributed by atoms with Crippen molar-refractivity contribution < 1.29 is 23.1 Å². The van der Waals surface area contributed by atoms with Crippen LogP contribution in [0, 0.1) is 5.92 Å². The lowest BCUT2D eigenvalue weighted by Crippen LogP contribution is -2.35. The molecule has 230 valence electrons. The van der Waals surface area contributed by atoms with E-state index in [9.17, 15) is 9.36 Å². The molecule has 0 spiro atoms. The Balaban J connectivity index is 1.09. The van der Waals surface area contributed by atoms with Gasteiger partial charge in [-0.15, -0.1) is 0 Å². The number of rotatable bonds is 14. The second kappa shape index (κ2) is 13.2. The Morgan fingerprint density at radius 2 is 1.84 bits per heavy atom. The van der Waals surface area contributed by atoms with Crippen LogP contribution in [-0.4, -0.2) is 50.8 Å². The molecule has 2 aliphatic rings. The molecule has 0 amide bonds. The molecule has 12 nitrogen and oxygen atoms in total. The Hall–Kier alpha value is -4.25. The summed E-state index contributed by atoms with van der Waals surface area (Å²) >= 11 is 0. The molecule has 0 aliphatic heterocycles. The predicted molar refractivity (Wildman–Crippen MR) is 167 cm³/mol. The van der Waals surface area contributed by atoms with E-state index in [0.29, 0.717) is 41.6 Å². The smallest absolute Gasteiger partial charge is 0.459 e. The van der Waals surface area contributed by atoms with Gasteiger partial charge in [-0.1, -0.05) is 60.7 Å². The number of fused-ring (bicyclic) bond motifs is 1. The molecule has 13 heteroatoms. The van der Waals surface area contributed by atoms with E-state index < -0.39 is 19.8 Å². The molecule has 4 aromatic rings. The number of carbonyl (C=O) groups is 1. The number of para-hydroxylation sites is 1. The molecular weight excluding hydrogens is 581 g/mol. The van der Waals surface area contributed by atoms with Crippen LogP contribution < -0.4 is 20.7 Å². The van der Waals surface area contributed by atoms with E-state index in [1.165, 1.54) is 0 Å². The molecule has 44 heavy (non-hydrogen) atoms. The summed E-state index contributed by atoms with van der Waals surface area (Å²) in [5, 5.41) is 6.15. The van der Waals surface area contributed by atoms with Gasteiger partial charge in [0.25, 0.3) is 0 Å². The molecule has 2 aromatic carbocycles. The summed E-state index contributed by atoms with van der Waals surface area (Å²) in [6.45, 7) is 1.87. The van der Waals surface area contributed by atoms with E-state index >= 15 is 0 Å². The number of nitrogens with zero attached hydrogens (tertiary/aromatic N) is 4. The number of allylic oxidation sites excluding steroid dienone is 1. The Kier molecular flexibility index (Phi) is 8.92. The number of hydrogen-bond donors (Lipinski definition) is 3. The first kappa shape index (κ1) is 29.8. The van der Waals surface area contributed by atoms with E-state index in [1.54, 1.807) is 37.5 Å². The quantitative estimate of drug-likeness (QED) is 0.0987. The Morgan fingerprint density at radius 3 is 2.59 bits per heavy atom. The third-order valence-electron chi connectivity index (χ3n) is 7.47. The molecule has 1 saturated carbocycles. The third-order valence-corrected chi connectivity index (χ3v) is 9.12. The maximum absolute atomic E-state index is 14.0. The van der Waals surface area contributed by atoms with Gasteiger partial charge < -0.3 is 24.9 Å². The summed E-state index contributed by atoms with van der Waals surface area (Å²) in [7, 11) is -3.98. The standard InChI is InChI=1S/C31H36N7O5P/c1-21(30(39)41-17-16-22-8-4-2-5-9-22)37-44(40,43-26-10-6-3-7-11-26)42-19-23-12-15-25(18-23)38-20-33-27-28(34-24-13-14-24)35-31(32)36-29(27)38/h2-12,15,20-21,23-25H,13-14,16-19H2,1H3,(H,37,40)(H3,32,34,35,36)/t21-,23+,25-,44?/m0/s1. The Bertz CT molecular complexity index is 1660. The predicted octanol–water partition coefficient (Wildman–Crippen LogP) is 5.07. The monoisotopic (exact) mass is 617 g/mol. The maximum Gasteiger partial charge on any atom is 0.459 e. The fourth-order valence-electron chi connectivity index (χ4n) is 5.01. The zero-order valence-corrected chi connectivity index (χ0v) is 25.3. The van der Waals surface area contributed by atoms with E-state index in [-0.39, 0.29) is 31.1 Å². The van der Waals surface area contributed by atoms with Crippen molar-refractivity contribution in [1.29, 1.82) is 0 Å². The normalized spacial score (nSPS) is 19.8. The van der Waals surface area contributed by atoms with Crippen molar-refractivity contribution in [3.63, 3.8) is 0 Å². The van der Waals surface area contributed by atoms with Gasteiger partial charge in [-0.2, -0.15) is 15.1 Å². The van der Waals surface area contributed by atoms with Crippen molar-refractivity contribution in [2.24, 2.45) is 5.92 Å². The van der Waals surface area contributed by atoms with Crippen molar-refractivity contribution in [2.45, 2.75) is 50.7 Å². The summed E-state index contributed by atoms with van der Waals surface area (Å²) in [6, 6.07) is 17.8. The van der Waals surface area contributed by atoms with Gasteiger partial charge in [0, 0.05) is 18.4 Å². The molecule has 0 radical (unpaired) electrons. The lowest BCUT2D eigenvalue weighted by atomic mass is 10.1. The summed E-state index contributed by atoms with van der Waals surface area (Å²) in [6.07, 6.45) is 9.23. The fourth-order valence-corrected chi connectivity index (χ4v) is 6.56. The number of aromatic nitrogens is 4. The molecule has 2 heterocycles. The number of ether oxygens (including phenoxy) is 1. The van der Waals surface area contributed by atoms with Gasteiger partial charge in [0.1, 0.15) is 11.8 Å². The lowest BCUT2D eigenvalue weighted by Gasteiger charge is -2.24. The van der Waals surface area contributed by atoms with Crippen molar-refractivity contribution in [3.8, 4) is 5.75 Å². The summed E-state index contributed by atoms with van der Waals surface area (Å²) < 4.78 is 33.1. The lowest BCUT2D eigenvalue weighted by molar-refractivity contribution is -0.145. The van der Waals surface area contributed by atoms with Crippen LogP contribution >= 0.6 is 7.75 Å². The van der Waals surface area contributed by atoms with Crippen LogP contribution in [0.2, 0.25) is 0 Å². The van der Waals surface area contributed by atoms with Crippen LogP contribution in [0.15, 0.2) is 79.1 Å². The van der Waals surface area contributed by atoms with Gasteiger partial charge in [-0.3, -0.25) is 9.32 Å². The number of anilines is 2. The molecule has 6 rings (SSSR count). The molecule has 4 atom stereocenters. The molecule has 1 fully saturated rings. The van der Waals surface area contributed by atoms with Gasteiger partial charge in [0.05, 0.1) is 25.6 Å². The number of carbonyl (C=O) groups excluding carboxylic acids is 1. The first-order chi connectivity index (χ1) is 21.3. The van der Waals surface area contributed by atoms with Crippen LogP contribution in [-0.2, 0) is 25.0 Å². The second-order valence-corrected chi connectivity index (χ2v) is 12.8. The van der Waals surface area contributed by atoms with E-state index in [1.807, 2.05) is 53.1 Å². The second-order valence-electron chi connectivity index (χ2n) is 11.1. The minimum absolute atomic E-state index is 0.0578. The minimum Gasteiger partial charge on any atom is -0.464 e. The van der Waals surface area contributed by atoms with Crippen molar-refractivity contribution in [1.82, 2.24) is 24.6 Å². The van der Waals surface area contributed by atoms with Crippen LogP contribution in [0.5, 0.6) is 5.75 Å². The topological polar surface area (TPSA) is 156 Å². The van der Waals surface area contributed by atoms with Gasteiger partial charge >= 0.3 is 13.7 Å². The molecule has 2 aromatic heterocycles. The van der Waals surface area contributed by atoms with Crippen molar-refractivity contribution in [2.75, 3.05) is 24.3 Å². The average Bonchev–Trinajstić information content (AvgIpc) is 3.53. The number of hydrogen-bond acceptors (Lipinski definition) is 10. The SMILES string of the molecule is C[C@H](NP(=O)(OC[C@@H]1C=C[C@H](n2cnc3c(NC4CC4)nc(N)nc32)C1)Oc1ccccc1)C(=O)OCCc1ccccc1. The zero-order chi connectivity index (χ0) is 30.5. The summed E-state index contributed by atoms with van der Waals surface area (Å²) in [5.41, 5.74) is 8.40. The Labute approximate surface area is 255 Å². The molecule has 2 aliphatic carbocycles. The fraction of sp³-hybridized carbons (Fsp3) is 0.355. The largest absolute Gasteiger partial charge is 0.464 e. The van der Waals surface area contributed by atoms with Crippen LogP contribution in [0.4, 0.5) is 11.8 Å². The number of nitrogens with one attached hydrogen (secondary N) is 2. The molecular formula is C31H36N7O5P. The summed E-state index contributed by atoms with van der Waals surface area (Å²) in [5.74, 6) is 0.551. The number of esters is 1. The van der Waals surface area contributed by atoms with Gasteiger partial charge in [-0.25, -0.2) is 9.55 Å². The van der Waals surface area contributed by atoms with Crippen LogP contribution in [0.3, 0.4) is 0 Å². The van der Waals surface area contributed by atoms with E-state index in [2.05, 4.69) is 25.4 Å². The van der Waals surface area contributed by atoms with Gasteiger partial charge in [0.15, 0.2) is 17.0 Å². The molecule has 4 N–H and O–H groups in total. The van der Waals surface area contributed by atoms with Crippen molar-refractivity contribution >= 4 is 36.6 Å². The summed E-state index contributed by atoms with van der Waals surface area (Å²) in [4.78, 5) is 26.1. The molecule has 1 unspecified atom stereocenters. The van der Waals surface area contributed by atoms with Gasteiger partial charge in [-0.05, 0) is 43.9 Å². The van der Waals surface area contributed by atoms with Gasteiger partial charge in [0.2, 0.25) is 5.95 Å². The highest BCUT2D eigenvalue weighted by molar-refractivity contribution is 7.52. The maximum atomic E-state index is 14.0. The highest BCUT2D eigenvalue weighted by atomic mass is 31.2. The highest BCUT2D eigenvalue weighted by Crippen LogP contribution is 2.46. The molecule has 0 bridgehead atoms. The number of nitrogens with two attached hydrogens (primary N) is 1. The van der Waals surface area contributed by atoms with E-state index in [4.69, 9.17) is 19.5 Å². The minimum atomic E-state index is -3.98. The third kappa shape index (κ3) is 7.45.